The van der Waals surface area contributed by atoms with Crippen molar-refractivity contribution in [1.82, 2.24) is 4.98 Å². The van der Waals surface area contributed by atoms with Crippen molar-refractivity contribution < 1.29 is 9.63 Å². The van der Waals surface area contributed by atoms with Crippen LogP contribution in [0.5, 0.6) is 0 Å². The van der Waals surface area contributed by atoms with E-state index in [1.807, 2.05) is 0 Å². The van der Waals surface area contributed by atoms with Crippen molar-refractivity contribution in [3.63, 3.8) is 0 Å². The van der Waals surface area contributed by atoms with Gasteiger partial charge in [0.05, 0.1) is 0 Å². The van der Waals surface area contributed by atoms with Gasteiger partial charge in [-0.2, -0.15) is 0 Å². The van der Waals surface area contributed by atoms with E-state index >= 15 is 0 Å². The molecule has 0 spiro atoms. The number of nitrogens with two attached hydrogens (primary N) is 1. The zero-order valence-electron chi connectivity index (χ0n) is 6.68. The van der Waals surface area contributed by atoms with Crippen molar-refractivity contribution in [3.8, 4) is 0 Å². The summed E-state index contributed by atoms with van der Waals surface area (Å²) in [6, 6.07) is 0. The van der Waals surface area contributed by atoms with Crippen LogP contribution in [-0.4, -0.2) is 24.1 Å². The Bertz CT molecular complexity index is 313. The van der Waals surface area contributed by atoms with Crippen LogP contribution in [-0.2, 0) is 9.63 Å². The summed E-state index contributed by atoms with van der Waals surface area (Å²) in [5.74, 6) is 0. The average Bonchev–Trinajstić information content (AvgIpc) is 2.47. The lowest BCUT2D eigenvalue weighted by Gasteiger charge is -1.89. The first-order valence-corrected chi connectivity index (χ1v) is 3.86. The Morgan fingerprint density at radius 2 is 2.54 bits per heavy atom. The van der Waals surface area contributed by atoms with Crippen LogP contribution in [0, 0.1) is 0 Å². The van der Waals surface area contributed by atoms with E-state index in [4.69, 9.17) is 5.73 Å². The van der Waals surface area contributed by atoms with E-state index in [9.17, 15) is 4.79 Å². The van der Waals surface area contributed by atoms with Crippen molar-refractivity contribution in [2.75, 3.05) is 12.8 Å². The molecule has 5 nitrogen and oxygen atoms in total. The smallest absolute Gasteiger partial charge is 0.259 e. The van der Waals surface area contributed by atoms with E-state index in [0.717, 1.165) is 0 Å². The first kappa shape index (κ1) is 11.9. The number of anilines is 1. The molecule has 1 aromatic heterocycles. The molecule has 0 saturated carbocycles. The Labute approximate surface area is 85.0 Å². The van der Waals surface area contributed by atoms with Crippen LogP contribution < -0.4 is 5.73 Å². The summed E-state index contributed by atoms with van der Waals surface area (Å²) in [5, 5.41) is 5.40. The second-order valence-corrected chi connectivity index (χ2v) is 2.69. The highest BCUT2D eigenvalue weighted by Crippen LogP contribution is 2.11. The second-order valence-electron chi connectivity index (χ2n) is 1.80. The molecule has 0 unspecified atom stereocenters. The van der Waals surface area contributed by atoms with E-state index in [-0.39, 0.29) is 18.1 Å². The lowest BCUT2D eigenvalue weighted by atomic mass is 10.3. The highest BCUT2D eigenvalue weighted by Gasteiger charge is 2.07. The number of hydrogen-bond acceptors (Lipinski definition) is 6. The van der Waals surface area contributed by atoms with Gasteiger partial charge in [0.1, 0.15) is 12.8 Å². The number of rotatable bonds is 3. The van der Waals surface area contributed by atoms with Crippen molar-refractivity contribution in [2.24, 2.45) is 5.16 Å². The average molecular weight is 221 g/mol. The summed E-state index contributed by atoms with van der Waals surface area (Å²) < 4.78 is 0. The number of aromatic nitrogens is 1. The first-order valence-electron chi connectivity index (χ1n) is 2.98. The minimum absolute atomic E-state index is 0. The number of oxime groups is 1. The molecule has 0 saturated heterocycles. The SMILES string of the molecule is CO/N=C(\[C]=O)c1csc(N)n1.Cl. The molecular weight excluding hydrogens is 214 g/mol. The van der Waals surface area contributed by atoms with Gasteiger partial charge in [-0.05, 0) is 0 Å². The van der Waals surface area contributed by atoms with Crippen molar-refractivity contribution >= 4 is 40.9 Å². The third kappa shape index (κ3) is 3.00. The fourth-order valence-corrected chi connectivity index (χ4v) is 1.15. The summed E-state index contributed by atoms with van der Waals surface area (Å²) in [4.78, 5) is 18.5. The monoisotopic (exact) mass is 220 g/mol. The third-order valence-corrected chi connectivity index (χ3v) is 1.72. The Kier molecular flexibility index (Phi) is 5.01. The quantitative estimate of drug-likeness (QED) is 0.598. The van der Waals surface area contributed by atoms with E-state index in [2.05, 4.69) is 15.0 Å². The van der Waals surface area contributed by atoms with E-state index in [1.165, 1.54) is 18.4 Å². The Morgan fingerprint density at radius 1 is 1.85 bits per heavy atom. The maximum absolute atomic E-state index is 10.3. The molecule has 1 radical (unpaired) electrons. The van der Waals surface area contributed by atoms with E-state index < -0.39 is 0 Å². The zero-order chi connectivity index (χ0) is 8.97. The zero-order valence-corrected chi connectivity index (χ0v) is 8.32. The molecule has 1 rings (SSSR count). The lowest BCUT2D eigenvalue weighted by Crippen LogP contribution is -2.03. The molecule has 0 amide bonds. The Morgan fingerprint density at radius 3 is 2.92 bits per heavy atom. The van der Waals surface area contributed by atoms with Crippen molar-refractivity contribution in [3.05, 3.63) is 11.1 Å². The summed E-state index contributed by atoms with van der Waals surface area (Å²) in [6.45, 7) is 0. The van der Waals surface area contributed by atoms with Crippen LogP contribution in [0.4, 0.5) is 5.13 Å². The molecule has 0 aromatic carbocycles. The number of hydrogen-bond donors (Lipinski definition) is 1. The topological polar surface area (TPSA) is 77.6 Å². The van der Waals surface area contributed by atoms with Gasteiger partial charge in [-0.1, -0.05) is 5.16 Å². The van der Waals surface area contributed by atoms with E-state index in [0.29, 0.717) is 10.8 Å². The normalized spacial score (nSPS) is 10.4. The van der Waals surface area contributed by atoms with Crippen molar-refractivity contribution in [1.29, 1.82) is 0 Å². The fraction of sp³-hybridized carbons (Fsp3) is 0.167. The van der Waals surface area contributed by atoms with Crippen LogP contribution in [0.1, 0.15) is 5.69 Å². The number of nitrogen functional groups attached to an aromatic ring is 1. The van der Waals surface area contributed by atoms with E-state index in [1.54, 1.807) is 11.7 Å². The molecule has 0 bridgehead atoms. The molecular formula is C6H7ClN3O2S. The Balaban J connectivity index is 0.00000144. The van der Waals surface area contributed by atoms with Gasteiger partial charge in [0.15, 0.2) is 10.8 Å². The molecule has 0 aliphatic rings. The maximum atomic E-state index is 10.3. The molecule has 1 aromatic rings. The number of carbonyl (C=O) groups excluding carboxylic acids is 1. The molecule has 2 N–H and O–H groups in total. The number of thiazole rings is 1. The maximum Gasteiger partial charge on any atom is 0.259 e. The van der Waals surface area contributed by atoms with Gasteiger partial charge in [0, 0.05) is 5.38 Å². The van der Waals surface area contributed by atoms with Crippen LogP contribution in [0.25, 0.3) is 0 Å². The predicted molar refractivity (Wildman–Crippen MR) is 53.0 cm³/mol. The highest BCUT2D eigenvalue weighted by atomic mass is 35.5. The molecule has 13 heavy (non-hydrogen) atoms. The van der Waals surface area contributed by atoms with Gasteiger partial charge in [0.2, 0.25) is 0 Å². The van der Waals surface area contributed by atoms with Crippen LogP contribution >= 0.6 is 23.7 Å². The van der Waals surface area contributed by atoms with Gasteiger partial charge in [-0.3, -0.25) is 4.79 Å². The number of nitrogens with zero attached hydrogens (tertiary/aromatic N) is 2. The fourth-order valence-electron chi connectivity index (χ4n) is 0.605. The summed E-state index contributed by atoms with van der Waals surface area (Å²) in [6.07, 6.45) is 1.60. The molecule has 0 aliphatic carbocycles. The predicted octanol–water partition coefficient (Wildman–Crippen LogP) is 0.607. The summed E-state index contributed by atoms with van der Waals surface area (Å²) in [5.41, 5.74) is 5.75. The van der Waals surface area contributed by atoms with Gasteiger partial charge >= 0.3 is 0 Å². The minimum atomic E-state index is 0. The standard InChI is InChI=1S/C6H6N3O2S.ClH/c1-11-9-4(2-10)5-3-12-6(7)8-5;/h3H,1H3,(H2,7,8);1H/b9-4+;. The molecule has 0 atom stereocenters. The first-order chi connectivity index (χ1) is 5.77. The molecule has 0 fully saturated rings. The minimum Gasteiger partial charge on any atom is -0.398 e. The molecule has 71 valence electrons. The second kappa shape index (κ2) is 5.50. The molecule has 1 heterocycles. The Hall–Kier alpha value is -1.14. The number of halogens is 1. The van der Waals surface area contributed by atoms with Crippen LogP contribution in [0.2, 0.25) is 0 Å². The largest absolute Gasteiger partial charge is 0.398 e. The van der Waals surface area contributed by atoms with Gasteiger partial charge < -0.3 is 10.6 Å². The van der Waals surface area contributed by atoms with Crippen molar-refractivity contribution in [2.45, 2.75) is 0 Å². The van der Waals surface area contributed by atoms with Gasteiger partial charge in [0.25, 0.3) is 6.29 Å². The van der Waals surface area contributed by atoms with Gasteiger partial charge in [-0.25, -0.2) is 4.98 Å². The van der Waals surface area contributed by atoms with Crippen LogP contribution in [0.3, 0.4) is 0 Å². The molecule has 0 aliphatic heterocycles. The third-order valence-electron chi connectivity index (χ3n) is 1.04. The lowest BCUT2D eigenvalue weighted by molar-refractivity contribution is 0.214. The van der Waals surface area contributed by atoms with Crippen LogP contribution in [0.15, 0.2) is 10.5 Å². The summed E-state index contributed by atoms with van der Waals surface area (Å²) in [7, 11) is 1.34. The highest BCUT2D eigenvalue weighted by molar-refractivity contribution is 7.13. The summed E-state index contributed by atoms with van der Waals surface area (Å²) >= 11 is 1.23. The van der Waals surface area contributed by atoms with Gasteiger partial charge in [-0.15, -0.1) is 23.7 Å². The molecule has 7 heteroatoms.